The van der Waals surface area contributed by atoms with Crippen LogP contribution in [0.2, 0.25) is 0 Å². The van der Waals surface area contributed by atoms with E-state index in [1.54, 1.807) is 0 Å². The van der Waals surface area contributed by atoms with E-state index in [4.69, 9.17) is 11.1 Å². The molecule has 0 aliphatic rings. The van der Waals surface area contributed by atoms with Gasteiger partial charge in [-0.15, -0.1) is 0 Å². The van der Waals surface area contributed by atoms with Crippen LogP contribution in [0.5, 0.6) is 0 Å². The third kappa shape index (κ3) is 3.94. The summed E-state index contributed by atoms with van der Waals surface area (Å²) in [5.74, 6) is 0.0251. The molecule has 0 atom stereocenters. The van der Waals surface area contributed by atoms with Crippen molar-refractivity contribution in [3.63, 3.8) is 0 Å². The van der Waals surface area contributed by atoms with Crippen LogP contribution in [-0.4, -0.2) is 12.5 Å². The third-order valence-electron chi connectivity index (χ3n) is 1.64. The lowest BCUT2D eigenvalue weighted by Crippen LogP contribution is -2.31. The van der Waals surface area contributed by atoms with Crippen molar-refractivity contribution in [1.82, 2.24) is 5.32 Å². The minimum absolute atomic E-state index is 0.0251. The normalized spacial score (nSPS) is 9.62. The van der Waals surface area contributed by atoms with Gasteiger partial charge in [0.1, 0.15) is 0 Å². The zero-order valence-electron chi connectivity index (χ0n) is 7.18. The second-order valence-electron chi connectivity index (χ2n) is 2.72. The zero-order chi connectivity index (χ0) is 9.68. The van der Waals surface area contributed by atoms with Crippen LogP contribution < -0.4 is 11.1 Å². The fourth-order valence-electron chi connectivity index (χ4n) is 0.993. The quantitative estimate of drug-likeness (QED) is 0.555. The average molecular weight is 242 g/mol. The second kappa shape index (κ2) is 4.87. The molecule has 0 radical (unpaired) electrons. The first kappa shape index (κ1) is 10.1. The molecule has 0 amide bonds. The number of halogens is 1. The number of nitrogens with two attached hydrogens (primary N) is 1. The molecule has 1 aromatic rings. The van der Waals surface area contributed by atoms with Gasteiger partial charge in [0, 0.05) is 11.0 Å². The Balaban J connectivity index is 2.37. The maximum Gasteiger partial charge on any atom is 0.185 e. The van der Waals surface area contributed by atoms with Crippen LogP contribution in [-0.2, 0) is 6.42 Å². The third-order valence-corrected chi connectivity index (χ3v) is 2.17. The Bertz CT molecular complexity index is 281. The molecule has 0 spiro atoms. The molecule has 0 aliphatic carbocycles. The van der Waals surface area contributed by atoms with Gasteiger partial charge in [-0.1, -0.05) is 28.1 Å². The molecule has 0 saturated carbocycles. The highest BCUT2D eigenvalue weighted by Crippen LogP contribution is 2.10. The van der Waals surface area contributed by atoms with Gasteiger partial charge in [0.25, 0.3) is 0 Å². The van der Waals surface area contributed by atoms with Crippen LogP contribution in [0.1, 0.15) is 5.56 Å². The van der Waals surface area contributed by atoms with E-state index in [0.29, 0.717) is 6.54 Å². The Kier molecular flexibility index (Phi) is 3.76. The zero-order valence-corrected chi connectivity index (χ0v) is 8.76. The average Bonchev–Trinajstić information content (AvgIpc) is 2.08. The largest absolute Gasteiger partial charge is 0.370 e. The van der Waals surface area contributed by atoms with E-state index in [-0.39, 0.29) is 5.96 Å². The van der Waals surface area contributed by atoms with Crippen molar-refractivity contribution in [2.75, 3.05) is 6.54 Å². The van der Waals surface area contributed by atoms with Crippen molar-refractivity contribution < 1.29 is 0 Å². The molecule has 70 valence electrons. The van der Waals surface area contributed by atoms with Gasteiger partial charge in [-0.2, -0.15) is 0 Å². The maximum atomic E-state index is 6.95. The van der Waals surface area contributed by atoms with E-state index >= 15 is 0 Å². The number of nitrogens with one attached hydrogen (secondary N) is 2. The molecule has 0 aliphatic heterocycles. The van der Waals surface area contributed by atoms with Crippen molar-refractivity contribution >= 4 is 21.9 Å². The molecule has 3 nitrogen and oxygen atoms in total. The van der Waals surface area contributed by atoms with E-state index in [2.05, 4.69) is 21.2 Å². The SMILES string of the molecule is N=C(N)NCCc1ccc(Br)cc1. The second-order valence-corrected chi connectivity index (χ2v) is 3.63. The summed E-state index contributed by atoms with van der Waals surface area (Å²) in [5, 5.41) is 9.71. The van der Waals surface area contributed by atoms with Crippen molar-refractivity contribution in [1.29, 1.82) is 5.41 Å². The smallest absolute Gasteiger partial charge is 0.185 e. The Labute approximate surface area is 86.0 Å². The molecule has 0 unspecified atom stereocenters. The Morgan fingerprint density at radius 1 is 1.38 bits per heavy atom. The van der Waals surface area contributed by atoms with Gasteiger partial charge in [0.2, 0.25) is 0 Å². The topological polar surface area (TPSA) is 61.9 Å². The highest BCUT2D eigenvalue weighted by molar-refractivity contribution is 9.10. The first-order valence-corrected chi connectivity index (χ1v) is 4.80. The van der Waals surface area contributed by atoms with E-state index in [9.17, 15) is 0 Å². The summed E-state index contributed by atoms with van der Waals surface area (Å²) in [6.07, 6.45) is 0.882. The van der Waals surface area contributed by atoms with Gasteiger partial charge in [-0.3, -0.25) is 5.41 Å². The molecule has 0 heterocycles. The van der Waals surface area contributed by atoms with Gasteiger partial charge in [0.15, 0.2) is 5.96 Å². The number of guanidine groups is 1. The van der Waals surface area contributed by atoms with E-state index in [1.165, 1.54) is 5.56 Å². The molecular weight excluding hydrogens is 230 g/mol. The lowest BCUT2D eigenvalue weighted by atomic mass is 10.1. The highest BCUT2D eigenvalue weighted by Gasteiger charge is 1.93. The Morgan fingerprint density at radius 2 is 2.00 bits per heavy atom. The molecule has 13 heavy (non-hydrogen) atoms. The number of benzene rings is 1. The number of hydrogen-bond donors (Lipinski definition) is 3. The van der Waals surface area contributed by atoms with Crippen LogP contribution in [0.4, 0.5) is 0 Å². The first-order valence-electron chi connectivity index (χ1n) is 4.01. The lowest BCUT2D eigenvalue weighted by Gasteiger charge is -2.03. The van der Waals surface area contributed by atoms with Crippen LogP contribution in [0.25, 0.3) is 0 Å². The summed E-state index contributed by atoms with van der Waals surface area (Å²) in [7, 11) is 0. The van der Waals surface area contributed by atoms with Crippen molar-refractivity contribution in [3.8, 4) is 0 Å². The van der Waals surface area contributed by atoms with Gasteiger partial charge in [0.05, 0.1) is 0 Å². The molecule has 0 aromatic heterocycles. The van der Waals surface area contributed by atoms with Crippen LogP contribution in [0.15, 0.2) is 28.7 Å². The maximum absolute atomic E-state index is 6.95. The van der Waals surface area contributed by atoms with E-state index in [1.807, 2.05) is 24.3 Å². The molecule has 4 N–H and O–H groups in total. The lowest BCUT2D eigenvalue weighted by molar-refractivity contribution is 0.854. The molecule has 0 bridgehead atoms. The summed E-state index contributed by atoms with van der Waals surface area (Å²) in [6, 6.07) is 8.10. The molecule has 4 heteroatoms. The predicted molar refractivity (Wildman–Crippen MR) is 57.8 cm³/mol. The van der Waals surface area contributed by atoms with Gasteiger partial charge < -0.3 is 11.1 Å². The summed E-state index contributed by atoms with van der Waals surface area (Å²) in [4.78, 5) is 0. The van der Waals surface area contributed by atoms with Crippen molar-refractivity contribution in [2.24, 2.45) is 5.73 Å². The molecule has 0 saturated heterocycles. The van der Waals surface area contributed by atoms with Gasteiger partial charge in [-0.25, -0.2) is 0 Å². The Hall–Kier alpha value is -1.03. The number of rotatable bonds is 3. The molecule has 1 aromatic carbocycles. The monoisotopic (exact) mass is 241 g/mol. The number of hydrogen-bond acceptors (Lipinski definition) is 1. The minimum Gasteiger partial charge on any atom is -0.370 e. The summed E-state index contributed by atoms with van der Waals surface area (Å²) in [5.41, 5.74) is 6.38. The van der Waals surface area contributed by atoms with Crippen molar-refractivity contribution in [3.05, 3.63) is 34.3 Å². The van der Waals surface area contributed by atoms with E-state index in [0.717, 1.165) is 10.9 Å². The Morgan fingerprint density at radius 3 is 2.54 bits per heavy atom. The van der Waals surface area contributed by atoms with Crippen LogP contribution in [0.3, 0.4) is 0 Å². The summed E-state index contributed by atoms with van der Waals surface area (Å²) < 4.78 is 1.08. The minimum atomic E-state index is 0.0251. The fraction of sp³-hybridized carbons (Fsp3) is 0.222. The predicted octanol–water partition coefficient (Wildman–Crippen LogP) is 1.47. The van der Waals surface area contributed by atoms with Gasteiger partial charge in [-0.05, 0) is 24.1 Å². The van der Waals surface area contributed by atoms with Crippen molar-refractivity contribution in [2.45, 2.75) is 6.42 Å². The molecule has 0 fully saturated rings. The summed E-state index contributed by atoms with van der Waals surface area (Å²) in [6.45, 7) is 0.705. The first-order chi connectivity index (χ1) is 6.18. The van der Waals surface area contributed by atoms with Gasteiger partial charge >= 0.3 is 0 Å². The standard InChI is InChI=1S/C9H12BrN3/c10-8-3-1-7(2-4-8)5-6-13-9(11)12/h1-4H,5-6H2,(H4,11,12,13). The summed E-state index contributed by atoms with van der Waals surface area (Å²) >= 11 is 3.37. The molecule has 1 rings (SSSR count). The van der Waals surface area contributed by atoms with E-state index < -0.39 is 0 Å². The molecular formula is C9H12BrN3. The fourth-order valence-corrected chi connectivity index (χ4v) is 1.26. The highest BCUT2D eigenvalue weighted by atomic mass is 79.9. The van der Waals surface area contributed by atoms with Crippen LogP contribution >= 0.6 is 15.9 Å². The van der Waals surface area contributed by atoms with Crippen LogP contribution in [0, 0.1) is 5.41 Å².